The number of para-hydroxylation sites is 1. The number of sulfonamides is 1. The molecule has 1 saturated heterocycles. The molecule has 0 unspecified atom stereocenters. The summed E-state index contributed by atoms with van der Waals surface area (Å²) in [6.45, 7) is 5.38. The molecule has 2 aromatic carbocycles. The first-order chi connectivity index (χ1) is 21.4. The highest BCUT2D eigenvalue weighted by Crippen LogP contribution is 2.38. The fraction of sp³-hybridized carbons (Fsp3) is 0.545. The zero-order chi connectivity index (χ0) is 32.2. The number of carbonyl (C=O) groups excluding carboxylic acids is 1. The Morgan fingerprint density at radius 3 is 2.67 bits per heavy atom. The molecule has 1 fully saturated rings. The molecule has 0 radical (unpaired) electrons. The number of alkyl halides is 1. The Balaban J connectivity index is 1.45. The number of rotatable bonds is 13. The number of halogens is 1. The second kappa shape index (κ2) is 14.1. The largest absolute Gasteiger partial charge is 0.481 e. The molecule has 45 heavy (non-hydrogen) atoms. The van der Waals surface area contributed by atoms with Gasteiger partial charge in [0, 0.05) is 32.5 Å². The number of benzene rings is 2. The topological polar surface area (TPSA) is 129 Å². The first-order valence-corrected chi connectivity index (χ1v) is 18.1. The maximum absolute atomic E-state index is 14.3. The van der Waals surface area contributed by atoms with Crippen LogP contribution in [0, 0.1) is 11.3 Å². The van der Waals surface area contributed by atoms with Crippen LogP contribution < -0.4 is 10.0 Å². The highest BCUT2D eigenvalue weighted by atomic mass is 32.2. The number of nitrogens with zero attached hydrogens (tertiary/aromatic N) is 2. The van der Waals surface area contributed by atoms with Gasteiger partial charge in [-0.1, -0.05) is 32.0 Å². The van der Waals surface area contributed by atoms with Crippen molar-refractivity contribution in [3.63, 3.8) is 0 Å². The van der Waals surface area contributed by atoms with E-state index in [2.05, 4.69) is 23.9 Å². The van der Waals surface area contributed by atoms with Crippen LogP contribution >= 0.6 is 11.3 Å². The zero-order valence-electron chi connectivity index (χ0n) is 26.0. The van der Waals surface area contributed by atoms with Crippen molar-refractivity contribution in [1.29, 1.82) is 0 Å². The van der Waals surface area contributed by atoms with E-state index in [1.807, 2.05) is 30.3 Å². The summed E-state index contributed by atoms with van der Waals surface area (Å²) in [5.41, 5.74) is 2.99. The van der Waals surface area contributed by atoms with Gasteiger partial charge in [0.2, 0.25) is 15.9 Å². The predicted octanol–water partition coefficient (Wildman–Crippen LogP) is 5.58. The maximum atomic E-state index is 14.3. The third-order valence-corrected chi connectivity index (χ3v) is 11.4. The molecule has 12 heteroatoms. The average Bonchev–Trinajstić information content (AvgIpc) is 3.40. The number of piperidine rings is 1. The molecule has 0 aliphatic carbocycles. The number of amides is 1. The van der Waals surface area contributed by atoms with E-state index in [1.165, 1.54) is 11.3 Å². The van der Waals surface area contributed by atoms with E-state index in [1.54, 1.807) is 11.0 Å². The molecule has 1 amide bonds. The third-order valence-electron chi connectivity index (χ3n) is 8.81. The van der Waals surface area contributed by atoms with E-state index in [0.717, 1.165) is 21.3 Å². The van der Waals surface area contributed by atoms with Crippen molar-refractivity contribution in [2.24, 2.45) is 11.3 Å². The van der Waals surface area contributed by atoms with E-state index in [0.29, 0.717) is 75.3 Å². The summed E-state index contributed by atoms with van der Waals surface area (Å²) in [7, 11) is -4.18. The van der Waals surface area contributed by atoms with Crippen LogP contribution in [0.2, 0.25) is 0 Å². The molecule has 1 aromatic heterocycles. The minimum absolute atomic E-state index is 0.0623. The van der Waals surface area contributed by atoms with E-state index in [9.17, 15) is 22.4 Å². The van der Waals surface area contributed by atoms with Gasteiger partial charge in [0.05, 0.1) is 27.6 Å². The Morgan fingerprint density at radius 1 is 1.20 bits per heavy atom. The monoisotopic (exact) mass is 658 g/mol. The number of unbranched alkanes of at least 4 members (excludes halogenated alkanes) is 1. The lowest BCUT2D eigenvalue weighted by molar-refractivity contribution is -0.137. The lowest BCUT2D eigenvalue weighted by Gasteiger charge is -2.35. The molecule has 0 saturated carbocycles. The number of hydrogen-bond donors (Lipinski definition) is 3. The lowest BCUT2D eigenvalue weighted by atomic mass is 9.81. The summed E-state index contributed by atoms with van der Waals surface area (Å²) >= 11 is 1.44. The third kappa shape index (κ3) is 8.39. The van der Waals surface area contributed by atoms with E-state index in [4.69, 9.17) is 10.1 Å². The number of thiazole rings is 1. The minimum Gasteiger partial charge on any atom is -0.481 e. The van der Waals surface area contributed by atoms with Gasteiger partial charge in [0.25, 0.3) is 0 Å². The molecular weight excluding hydrogens is 616 g/mol. The summed E-state index contributed by atoms with van der Waals surface area (Å²) in [6, 6.07) is 10.3. The smallest absolute Gasteiger partial charge is 0.303 e. The Bertz CT molecular complexity index is 1600. The Morgan fingerprint density at radius 2 is 1.96 bits per heavy atom. The van der Waals surface area contributed by atoms with Crippen molar-refractivity contribution in [1.82, 2.24) is 14.6 Å². The Labute approximate surface area is 268 Å². The molecule has 5 rings (SSSR count). The van der Waals surface area contributed by atoms with Gasteiger partial charge in [-0.3, -0.25) is 14.0 Å². The molecule has 0 bridgehead atoms. The van der Waals surface area contributed by atoms with Gasteiger partial charge in [0.1, 0.15) is 10.9 Å². The fourth-order valence-electron chi connectivity index (χ4n) is 6.37. The average molecular weight is 659 g/mol. The molecule has 3 N–H and O–H groups in total. The summed E-state index contributed by atoms with van der Waals surface area (Å²) in [5.74, 6) is -0.933. The van der Waals surface area contributed by atoms with Crippen molar-refractivity contribution in [3.8, 4) is 0 Å². The second-order valence-electron chi connectivity index (χ2n) is 13.1. The van der Waals surface area contributed by atoms with Crippen LogP contribution in [-0.4, -0.2) is 67.6 Å². The number of carbonyl (C=O) groups is 2. The Hall–Kier alpha value is -3.09. The van der Waals surface area contributed by atoms with Gasteiger partial charge in [-0.15, -0.1) is 11.3 Å². The summed E-state index contributed by atoms with van der Waals surface area (Å²) in [5, 5.41) is 13.1. The molecule has 9 nitrogen and oxygen atoms in total. The number of aromatic nitrogens is 1. The summed E-state index contributed by atoms with van der Waals surface area (Å²) < 4.78 is 45.3. The van der Waals surface area contributed by atoms with Crippen LogP contribution in [0.25, 0.3) is 10.2 Å². The van der Waals surface area contributed by atoms with Crippen LogP contribution in [-0.2, 0) is 38.9 Å². The van der Waals surface area contributed by atoms with Gasteiger partial charge >= 0.3 is 5.97 Å². The molecule has 2 aliphatic heterocycles. The predicted molar refractivity (Wildman–Crippen MR) is 175 cm³/mol. The Kier molecular flexibility index (Phi) is 10.4. The van der Waals surface area contributed by atoms with Crippen LogP contribution in [0.15, 0.2) is 41.3 Å². The maximum Gasteiger partial charge on any atom is 0.303 e. The number of aryl methyl sites for hydroxylation is 1. The van der Waals surface area contributed by atoms with E-state index in [-0.39, 0.29) is 41.7 Å². The van der Waals surface area contributed by atoms with Crippen LogP contribution in [0.3, 0.4) is 0 Å². The molecule has 0 spiro atoms. The molecule has 3 aromatic rings. The van der Waals surface area contributed by atoms with Gasteiger partial charge in [0.15, 0.2) is 0 Å². The van der Waals surface area contributed by atoms with Gasteiger partial charge < -0.3 is 15.3 Å². The lowest BCUT2D eigenvalue weighted by Crippen LogP contribution is -2.51. The highest BCUT2D eigenvalue weighted by molar-refractivity contribution is 7.89. The van der Waals surface area contributed by atoms with Gasteiger partial charge in [-0.05, 0) is 85.6 Å². The number of hydrogen-bond acceptors (Lipinski definition) is 7. The van der Waals surface area contributed by atoms with Crippen LogP contribution in [0.4, 0.5) is 10.1 Å². The van der Waals surface area contributed by atoms with Crippen molar-refractivity contribution >= 4 is 49.1 Å². The van der Waals surface area contributed by atoms with Gasteiger partial charge in [-0.2, -0.15) is 4.72 Å². The zero-order valence-corrected chi connectivity index (χ0v) is 27.6. The normalized spacial score (nSPS) is 17.5. The van der Waals surface area contributed by atoms with Crippen LogP contribution in [0.5, 0.6) is 0 Å². The number of aliphatic carboxylic acids is 1. The number of nitrogens with one attached hydrogen (secondary N) is 2. The number of likely N-dealkylation sites (tertiary alicyclic amines) is 1. The van der Waals surface area contributed by atoms with Crippen molar-refractivity contribution in [3.05, 3.63) is 52.5 Å². The first-order valence-electron chi connectivity index (χ1n) is 15.8. The SMILES string of the molecule is CC1(C)CNc2c(cc(CCCCC(=O)O)cc2S(=O)(=O)N[C@@H](Cc2nc3ccccc3s2)C(=O)N2CCC(CCF)CC2)C1. The van der Waals surface area contributed by atoms with Crippen molar-refractivity contribution in [2.75, 3.05) is 31.6 Å². The summed E-state index contributed by atoms with van der Waals surface area (Å²) in [4.78, 5) is 31.5. The molecule has 3 heterocycles. The first kappa shape index (κ1) is 33.3. The van der Waals surface area contributed by atoms with E-state index >= 15 is 0 Å². The fourth-order valence-corrected chi connectivity index (χ4v) is 8.85. The number of carboxylic acid groups (broad SMARTS) is 1. The van der Waals surface area contributed by atoms with E-state index < -0.39 is 22.0 Å². The number of fused-ring (bicyclic) bond motifs is 2. The molecule has 244 valence electrons. The minimum atomic E-state index is -4.18. The summed E-state index contributed by atoms with van der Waals surface area (Å²) in [6.07, 6.45) is 4.37. The van der Waals surface area contributed by atoms with Gasteiger partial charge in [-0.25, -0.2) is 13.4 Å². The quantitative estimate of drug-likeness (QED) is 0.205. The number of carboxylic acids is 1. The highest BCUT2D eigenvalue weighted by Gasteiger charge is 2.35. The van der Waals surface area contributed by atoms with Crippen LogP contribution in [0.1, 0.15) is 68.5 Å². The molecular formula is C33H43FN4O5S2. The second-order valence-corrected chi connectivity index (χ2v) is 15.9. The molecule has 2 aliphatic rings. The van der Waals surface area contributed by atoms with Crippen molar-refractivity contribution < 1.29 is 27.5 Å². The number of anilines is 1. The molecule has 1 atom stereocenters. The van der Waals surface area contributed by atoms with Crippen molar-refractivity contribution in [2.45, 2.75) is 82.6 Å². The standard InChI is InChI=1S/C33H43FN4O5S2/c1-33(2)20-24-17-23(7-3-6-10-30(39)40)18-28(31(24)35-21-33)45(42,43)37-26(19-29-36-25-8-4-5-9-27(25)44-29)32(41)38-15-12-22(11-14-34)13-16-38/h4-5,8-9,17-18,22,26,35,37H,3,6-7,10-16,19-21H2,1-2H3,(H,39,40)/t26-/m0/s1.